The Morgan fingerprint density at radius 2 is 2.07 bits per heavy atom. The summed E-state index contributed by atoms with van der Waals surface area (Å²) in [6, 6.07) is 0. The molecule has 0 saturated carbocycles. The van der Waals surface area contributed by atoms with Gasteiger partial charge in [-0.25, -0.2) is 0 Å². The van der Waals surface area contributed by atoms with E-state index in [0.717, 1.165) is 37.0 Å². The molecule has 0 saturated heterocycles. The zero-order valence-corrected chi connectivity index (χ0v) is 9.34. The van der Waals surface area contributed by atoms with Gasteiger partial charge in [-0.15, -0.1) is 0 Å². The van der Waals surface area contributed by atoms with Crippen LogP contribution in [0.15, 0.2) is 4.52 Å². The van der Waals surface area contributed by atoms with Crippen LogP contribution in [-0.4, -0.2) is 5.16 Å². The van der Waals surface area contributed by atoms with Crippen molar-refractivity contribution in [3.05, 3.63) is 11.3 Å². The van der Waals surface area contributed by atoms with Gasteiger partial charge in [-0.05, 0) is 18.8 Å². The van der Waals surface area contributed by atoms with E-state index in [1.54, 1.807) is 0 Å². The molecule has 0 aliphatic rings. The van der Waals surface area contributed by atoms with E-state index >= 15 is 0 Å². The van der Waals surface area contributed by atoms with E-state index in [4.69, 9.17) is 10.3 Å². The molecule has 1 rings (SSSR count). The third-order valence-electron chi connectivity index (χ3n) is 2.35. The van der Waals surface area contributed by atoms with Crippen LogP contribution in [0, 0.1) is 5.92 Å². The van der Waals surface area contributed by atoms with Crippen LogP contribution < -0.4 is 5.73 Å². The lowest BCUT2D eigenvalue weighted by Gasteiger charge is -2.03. The first-order chi connectivity index (χ1) is 6.65. The molecule has 3 nitrogen and oxygen atoms in total. The minimum Gasteiger partial charge on any atom is -0.381 e. The molecule has 0 radical (unpaired) electrons. The van der Waals surface area contributed by atoms with Crippen molar-refractivity contribution in [3.8, 4) is 0 Å². The molecule has 0 amide bonds. The number of nitrogens with zero attached hydrogens (tertiary/aromatic N) is 1. The number of aromatic nitrogens is 1. The highest BCUT2D eigenvalue weighted by Gasteiger charge is 2.12. The summed E-state index contributed by atoms with van der Waals surface area (Å²) in [5.41, 5.74) is 6.85. The Labute approximate surface area is 85.7 Å². The van der Waals surface area contributed by atoms with Gasteiger partial charge in [0.25, 0.3) is 0 Å². The second-order valence-electron chi connectivity index (χ2n) is 4.15. The largest absolute Gasteiger partial charge is 0.381 e. The van der Waals surface area contributed by atoms with E-state index in [1.807, 2.05) is 0 Å². The van der Waals surface area contributed by atoms with Crippen LogP contribution in [-0.2, 0) is 12.8 Å². The summed E-state index contributed by atoms with van der Waals surface area (Å²) in [5, 5.41) is 3.82. The first kappa shape index (κ1) is 11.1. The second-order valence-corrected chi connectivity index (χ2v) is 4.15. The average Bonchev–Trinajstić information content (AvgIpc) is 2.46. The van der Waals surface area contributed by atoms with Crippen molar-refractivity contribution in [2.24, 2.45) is 5.92 Å². The monoisotopic (exact) mass is 196 g/mol. The van der Waals surface area contributed by atoms with Gasteiger partial charge < -0.3 is 10.3 Å². The van der Waals surface area contributed by atoms with Crippen molar-refractivity contribution in [2.45, 2.75) is 46.5 Å². The molecule has 0 atom stereocenters. The van der Waals surface area contributed by atoms with Gasteiger partial charge in [0.1, 0.15) is 5.76 Å². The summed E-state index contributed by atoms with van der Waals surface area (Å²) >= 11 is 0. The van der Waals surface area contributed by atoms with Crippen molar-refractivity contribution >= 4 is 5.82 Å². The first-order valence-corrected chi connectivity index (χ1v) is 5.38. The van der Waals surface area contributed by atoms with Crippen LogP contribution in [0.2, 0.25) is 0 Å². The predicted octanol–water partition coefficient (Wildman–Crippen LogP) is 2.80. The van der Waals surface area contributed by atoms with Crippen LogP contribution >= 0.6 is 0 Å². The molecule has 2 N–H and O–H groups in total. The molecular weight excluding hydrogens is 176 g/mol. The smallest absolute Gasteiger partial charge is 0.170 e. The van der Waals surface area contributed by atoms with Gasteiger partial charge in [0, 0.05) is 12.0 Å². The van der Waals surface area contributed by atoms with Crippen molar-refractivity contribution in [3.63, 3.8) is 0 Å². The molecule has 0 aliphatic heterocycles. The Kier molecular flexibility index (Phi) is 3.98. The van der Waals surface area contributed by atoms with Crippen LogP contribution in [0.25, 0.3) is 0 Å². The summed E-state index contributed by atoms with van der Waals surface area (Å²) in [4.78, 5) is 0. The zero-order valence-electron chi connectivity index (χ0n) is 9.34. The molecule has 0 aromatic carbocycles. The fourth-order valence-corrected chi connectivity index (χ4v) is 1.49. The van der Waals surface area contributed by atoms with Gasteiger partial charge in [-0.3, -0.25) is 0 Å². The van der Waals surface area contributed by atoms with E-state index in [1.165, 1.54) is 0 Å². The summed E-state index contributed by atoms with van der Waals surface area (Å²) < 4.78 is 5.22. The number of rotatable bonds is 5. The van der Waals surface area contributed by atoms with Crippen molar-refractivity contribution in [1.29, 1.82) is 0 Å². The lowest BCUT2D eigenvalue weighted by Crippen LogP contribution is -1.97. The highest BCUT2D eigenvalue weighted by atomic mass is 16.5. The fourth-order valence-electron chi connectivity index (χ4n) is 1.49. The Morgan fingerprint density at radius 3 is 2.64 bits per heavy atom. The molecule has 0 fully saturated rings. The number of aryl methyl sites for hydroxylation is 1. The minimum absolute atomic E-state index is 0.575. The first-order valence-electron chi connectivity index (χ1n) is 5.38. The third kappa shape index (κ3) is 2.76. The zero-order chi connectivity index (χ0) is 10.6. The highest BCUT2D eigenvalue weighted by molar-refractivity contribution is 5.40. The molecule has 0 unspecified atom stereocenters. The molecule has 0 aliphatic carbocycles. The molecule has 1 heterocycles. The number of anilines is 1. The van der Waals surface area contributed by atoms with E-state index in [2.05, 4.69) is 25.9 Å². The highest BCUT2D eigenvalue weighted by Crippen LogP contribution is 2.20. The normalized spacial score (nSPS) is 11.1. The molecule has 0 spiro atoms. The predicted molar refractivity (Wildman–Crippen MR) is 58.1 cm³/mol. The number of nitrogens with two attached hydrogens (primary N) is 1. The van der Waals surface area contributed by atoms with Crippen LogP contribution in [0.3, 0.4) is 0 Å². The number of nitrogen functional groups attached to an aromatic ring is 1. The van der Waals surface area contributed by atoms with E-state index in [0.29, 0.717) is 11.7 Å². The Balaban J connectivity index is 2.65. The lowest BCUT2D eigenvalue weighted by atomic mass is 10.0. The van der Waals surface area contributed by atoms with Crippen LogP contribution in [0.4, 0.5) is 5.82 Å². The second kappa shape index (κ2) is 5.03. The van der Waals surface area contributed by atoms with E-state index in [-0.39, 0.29) is 0 Å². The van der Waals surface area contributed by atoms with Crippen LogP contribution in [0.5, 0.6) is 0 Å². The molecule has 3 heteroatoms. The maximum absolute atomic E-state index is 5.73. The molecule has 14 heavy (non-hydrogen) atoms. The topological polar surface area (TPSA) is 52.0 Å². The van der Waals surface area contributed by atoms with Gasteiger partial charge in [0.2, 0.25) is 0 Å². The minimum atomic E-state index is 0.575. The van der Waals surface area contributed by atoms with E-state index < -0.39 is 0 Å². The standard InChI is InChI=1S/C11H20N2O/c1-4-5-9-10(7-6-8(2)3)14-13-11(9)12/h8H,4-7H2,1-3H3,(H2,12,13). The average molecular weight is 196 g/mol. The maximum atomic E-state index is 5.73. The van der Waals surface area contributed by atoms with Crippen molar-refractivity contribution in [2.75, 3.05) is 5.73 Å². The quantitative estimate of drug-likeness (QED) is 0.787. The van der Waals surface area contributed by atoms with Crippen molar-refractivity contribution < 1.29 is 4.52 Å². The van der Waals surface area contributed by atoms with Gasteiger partial charge in [0.05, 0.1) is 0 Å². The number of hydrogen-bond acceptors (Lipinski definition) is 3. The Morgan fingerprint density at radius 1 is 1.36 bits per heavy atom. The molecule has 0 bridgehead atoms. The Hall–Kier alpha value is -0.990. The summed E-state index contributed by atoms with van der Waals surface area (Å²) in [6.45, 7) is 6.55. The number of hydrogen-bond donors (Lipinski definition) is 1. The van der Waals surface area contributed by atoms with Crippen molar-refractivity contribution in [1.82, 2.24) is 5.16 Å². The maximum Gasteiger partial charge on any atom is 0.170 e. The fraction of sp³-hybridized carbons (Fsp3) is 0.727. The van der Waals surface area contributed by atoms with Gasteiger partial charge >= 0.3 is 0 Å². The molecule has 1 aromatic heterocycles. The van der Waals surface area contributed by atoms with Gasteiger partial charge in [0.15, 0.2) is 5.82 Å². The summed E-state index contributed by atoms with van der Waals surface area (Å²) in [5.74, 6) is 2.25. The van der Waals surface area contributed by atoms with E-state index in [9.17, 15) is 0 Å². The summed E-state index contributed by atoms with van der Waals surface area (Å²) in [6.07, 6.45) is 4.14. The third-order valence-corrected chi connectivity index (χ3v) is 2.35. The molecule has 80 valence electrons. The molecular formula is C11H20N2O. The van der Waals surface area contributed by atoms with Gasteiger partial charge in [-0.2, -0.15) is 0 Å². The SMILES string of the molecule is CCCc1c(N)noc1CCC(C)C. The molecule has 1 aromatic rings. The van der Waals surface area contributed by atoms with Crippen LogP contribution in [0.1, 0.15) is 44.9 Å². The summed E-state index contributed by atoms with van der Waals surface area (Å²) in [7, 11) is 0. The lowest BCUT2D eigenvalue weighted by molar-refractivity contribution is 0.373. The van der Waals surface area contributed by atoms with Gasteiger partial charge in [-0.1, -0.05) is 32.3 Å². The Bertz CT molecular complexity index is 279.